The van der Waals surface area contributed by atoms with E-state index in [1.54, 1.807) is 6.20 Å². The Morgan fingerprint density at radius 3 is 2.64 bits per heavy atom. The minimum atomic E-state index is 0.0538. The molecule has 1 unspecified atom stereocenters. The molecule has 0 aliphatic heterocycles. The molecule has 0 spiro atoms. The lowest BCUT2D eigenvalue weighted by molar-refractivity contribution is 0.342. The van der Waals surface area contributed by atoms with Gasteiger partial charge in [0.1, 0.15) is 4.60 Å². The largest absolute Gasteiger partial charge is 0.324 e. The summed E-state index contributed by atoms with van der Waals surface area (Å²) in [6.45, 7) is 6.57. The minimum Gasteiger partial charge on any atom is -0.324 e. The maximum absolute atomic E-state index is 6.11. The van der Waals surface area contributed by atoms with E-state index in [0.717, 1.165) is 16.6 Å². The summed E-state index contributed by atoms with van der Waals surface area (Å²) in [7, 11) is 0. The second-order valence-electron chi connectivity index (χ2n) is 4.75. The Bertz CT molecular complexity index is 304. The topological polar surface area (TPSA) is 38.9 Å². The van der Waals surface area contributed by atoms with Gasteiger partial charge in [-0.25, -0.2) is 4.98 Å². The van der Waals surface area contributed by atoms with E-state index in [2.05, 4.69) is 41.7 Å². The van der Waals surface area contributed by atoms with Crippen LogP contribution in [0.2, 0.25) is 0 Å². The van der Waals surface area contributed by atoms with Gasteiger partial charge in [0, 0.05) is 17.8 Å². The number of halogens is 1. The first-order valence-electron chi connectivity index (χ1n) is 4.76. The van der Waals surface area contributed by atoms with Crippen LogP contribution in [0.1, 0.15) is 38.8 Å². The molecule has 0 radical (unpaired) electrons. The molecule has 0 aromatic carbocycles. The van der Waals surface area contributed by atoms with Crippen LogP contribution in [-0.4, -0.2) is 4.98 Å². The highest BCUT2D eigenvalue weighted by Crippen LogP contribution is 2.30. The van der Waals surface area contributed by atoms with Crippen LogP contribution < -0.4 is 5.73 Å². The van der Waals surface area contributed by atoms with E-state index in [4.69, 9.17) is 5.73 Å². The van der Waals surface area contributed by atoms with Crippen molar-refractivity contribution in [3.63, 3.8) is 0 Å². The molecule has 0 aliphatic carbocycles. The van der Waals surface area contributed by atoms with Crippen LogP contribution >= 0.6 is 15.9 Å². The van der Waals surface area contributed by atoms with Gasteiger partial charge in [0.15, 0.2) is 0 Å². The summed E-state index contributed by atoms with van der Waals surface area (Å²) in [4.78, 5) is 4.17. The van der Waals surface area contributed by atoms with Gasteiger partial charge in [-0.05, 0) is 33.8 Å². The van der Waals surface area contributed by atoms with E-state index in [0.29, 0.717) is 0 Å². The molecular formula is C11H17BrN2. The third kappa shape index (κ3) is 3.39. The molecule has 1 rings (SSSR count). The average molecular weight is 257 g/mol. The highest BCUT2D eigenvalue weighted by molar-refractivity contribution is 9.10. The fourth-order valence-corrected chi connectivity index (χ4v) is 1.99. The Hall–Kier alpha value is -0.410. The summed E-state index contributed by atoms with van der Waals surface area (Å²) < 4.78 is 0.858. The number of aromatic nitrogens is 1. The van der Waals surface area contributed by atoms with E-state index < -0.39 is 0 Å². The summed E-state index contributed by atoms with van der Waals surface area (Å²) in [6, 6.07) is 3.99. The minimum absolute atomic E-state index is 0.0538. The van der Waals surface area contributed by atoms with Crippen molar-refractivity contribution in [3.8, 4) is 0 Å². The summed E-state index contributed by atoms with van der Waals surface area (Å²) >= 11 is 3.41. The van der Waals surface area contributed by atoms with Crippen LogP contribution in [0.4, 0.5) is 0 Å². The molecule has 1 aromatic heterocycles. The van der Waals surface area contributed by atoms with E-state index in [1.807, 2.05) is 12.1 Å². The second-order valence-corrected chi connectivity index (χ2v) is 5.51. The van der Waals surface area contributed by atoms with Crippen molar-refractivity contribution >= 4 is 15.9 Å². The summed E-state index contributed by atoms with van der Waals surface area (Å²) in [6.07, 6.45) is 2.72. The van der Waals surface area contributed by atoms with E-state index in [9.17, 15) is 0 Å². The first kappa shape index (κ1) is 11.7. The molecule has 2 nitrogen and oxygen atoms in total. The second kappa shape index (κ2) is 4.41. The summed E-state index contributed by atoms with van der Waals surface area (Å²) in [5, 5.41) is 0. The van der Waals surface area contributed by atoms with Gasteiger partial charge in [0.05, 0.1) is 0 Å². The van der Waals surface area contributed by atoms with Crippen molar-refractivity contribution in [1.29, 1.82) is 0 Å². The Kier molecular flexibility index (Phi) is 3.67. The van der Waals surface area contributed by atoms with Gasteiger partial charge in [-0.2, -0.15) is 0 Å². The monoisotopic (exact) mass is 256 g/mol. The Morgan fingerprint density at radius 1 is 1.50 bits per heavy atom. The van der Waals surface area contributed by atoms with Gasteiger partial charge in [0.25, 0.3) is 0 Å². The molecule has 0 aliphatic rings. The number of nitrogens with zero attached hydrogens (tertiary/aromatic N) is 1. The SMILES string of the molecule is CC(C)(C)CC(N)c1cccnc1Br. The van der Waals surface area contributed by atoms with E-state index in [-0.39, 0.29) is 11.5 Å². The molecule has 78 valence electrons. The molecular weight excluding hydrogens is 240 g/mol. The maximum Gasteiger partial charge on any atom is 0.110 e. The van der Waals surface area contributed by atoms with Gasteiger partial charge in [-0.3, -0.25) is 0 Å². The number of nitrogens with two attached hydrogens (primary N) is 1. The van der Waals surface area contributed by atoms with E-state index >= 15 is 0 Å². The van der Waals surface area contributed by atoms with Crippen LogP contribution in [0.15, 0.2) is 22.9 Å². The molecule has 0 fully saturated rings. The molecule has 1 heterocycles. The number of hydrogen-bond acceptors (Lipinski definition) is 2. The Labute approximate surface area is 94.0 Å². The number of pyridine rings is 1. The molecule has 0 bridgehead atoms. The lowest BCUT2D eigenvalue weighted by Gasteiger charge is -2.23. The molecule has 0 amide bonds. The number of hydrogen-bond donors (Lipinski definition) is 1. The fourth-order valence-electron chi connectivity index (χ4n) is 1.44. The van der Waals surface area contributed by atoms with Gasteiger partial charge in [-0.15, -0.1) is 0 Å². The smallest absolute Gasteiger partial charge is 0.110 e. The average Bonchev–Trinajstić information content (AvgIpc) is 2.01. The van der Waals surface area contributed by atoms with Crippen molar-refractivity contribution in [2.24, 2.45) is 11.1 Å². The summed E-state index contributed by atoms with van der Waals surface area (Å²) in [5.74, 6) is 0. The van der Waals surface area contributed by atoms with Gasteiger partial charge in [-0.1, -0.05) is 26.8 Å². The first-order valence-corrected chi connectivity index (χ1v) is 5.55. The molecule has 1 aromatic rings. The molecule has 1 atom stereocenters. The molecule has 14 heavy (non-hydrogen) atoms. The normalized spacial score (nSPS) is 14.1. The highest BCUT2D eigenvalue weighted by atomic mass is 79.9. The fraction of sp³-hybridized carbons (Fsp3) is 0.545. The van der Waals surface area contributed by atoms with Crippen LogP contribution in [0, 0.1) is 5.41 Å². The third-order valence-electron chi connectivity index (χ3n) is 2.02. The zero-order valence-electron chi connectivity index (χ0n) is 8.92. The zero-order valence-corrected chi connectivity index (χ0v) is 10.5. The lowest BCUT2D eigenvalue weighted by atomic mass is 9.86. The predicted molar refractivity (Wildman–Crippen MR) is 62.9 cm³/mol. The van der Waals surface area contributed by atoms with Crippen LogP contribution in [-0.2, 0) is 0 Å². The molecule has 2 N–H and O–H groups in total. The predicted octanol–water partition coefficient (Wildman–Crippen LogP) is 3.28. The quantitative estimate of drug-likeness (QED) is 0.826. The molecule has 0 saturated heterocycles. The van der Waals surface area contributed by atoms with Crippen molar-refractivity contribution in [3.05, 3.63) is 28.5 Å². The lowest BCUT2D eigenvalue weighted by Crippen LogP contribution is -2.19. The van der Waals surface area contributed by atoms with Crippen LogP contribution in [0.3, 0.4) is 0 Å². The van der Waals surface area contributed by atoms with Gasteiger partial charge >= 0.3 is 0 Å². The van der Waals surface area contributed by atoms with E-state index in [1.165, 1.54) is 0 Å². The van der Waals surface area contributed by atoms with Crippen LogP contribution in [0.5, 0.6) is 0 Å². The Morgan fingerprint density at radius 2 is 2.14 bits per heavy atom. The zero-order chi connectivity index (χ0) is 10.8. The summed E-state index contributed by atoms with van der Waals surface area (Å²) in [5.41, 5.74) is 7.44. The van der Waals surface area contributed by atoms with Crippen molar-refractivity contribution in [2.45, 2.75) is 33.2 Å². The first-order chi connectivity index (χ1) is 6.40. The maximum atomic E-state index is 6.11. The van der Waals surface area contributed by atoms with Crippen LogP contribution in [0.25, 0.3) is 0 Å². The third-order valence-corrected chi connectivity index (χ3v) is 2.68. The standard InChI is InChI=1S/C11H17BrN2/c1-11(2,3)7-9(13)8-5-4-6-14-10(8)12/h4-6,9H,7,13H2,1-3H3. The molecule has 0 saturated carbocycles. The number of rotatable bonds is 2. The Balaban J connectivity index is 2.80. The van der Waals surface area contributed by atoms with Crippen molar-refractivity contribution < 1.29 is 0 Å². The highest BCUT2D eigenvalue weighted by Gasteiger charge is 2.18. The van der Waals surface area contributed by atoms with Crippen molar-refractivity contribution in [1.82, 2.24) is 4.98 Å². The molecule has 3 heteroatoms. The van der Waals surface area contributed by atoms with Gasteiger partial charge < -0.3 is 5.73 Å². The van der Waals surface area contributed by atoms with Gasteiger partial charge in [0.2, 0.25) is 0 Å². The van der Waals surface area contributed by atoms with Crippen molar-refractivity contribution in [2.75, 3.05) is 0 Å².